The molecule has 0 aromatic rings. The zero-order valence-corrected chi connectivity index (χ0v) is 6.74. The van der Waals surface area contributed by atoms with E-state index in [1.165, 1.54) is 19.3 Å². The van der Waals surface area contributed by atoms with Gasteiger partial charge in [-0.2, -0.15) is 0 Å². The van der Waals surface area contributed by atoms with E-state index in [0.29, 0.717) is 0 Å². The van der Waals surface area contributed by atoms with Crippen molar-refractivity contribution < 1.29 is 0 Å². The SMILES string of the molecule is C1=CC2C(CC1)[C@@H]1C=C[C@H]2C1. The van der Waals surface area contributed by atoms with E-state index in [0.717, 1.165) is 23.7 Å². The molecular formula is C11H14. The lowest BCUT2D eigenvalue weighted by Gasteiger charge is -2.28. The molecule has 0 aliphatic heterocycles. The summed E-state index contributed by atoms with van der Waals surface area (Å²) >= 11 is 0. The lowest BCUT2D eigenvalue weighted by atomic mass is 9.77. The maximum absolute atomic E-state index is 2.47. The highest BCUT2D eigenvalue weighted by atomic mass is 14.5. The van der Waals surface area contributed by atoms with Gasteiger partial charge in [-0.25, -0.2) is 0 Å². The van der Waals surface area contributed by atoms with Gasteiger partial charge >= 0.3 is 0 Å². The first-order valence-corrected chi connectivity index (χ1v) is 4.80. The van der Waals surface area contributed by atoms with Gasteiger partial charge in [-0.1, -0.05) is 24.3 Å². The second-order valence-electron chi connectivity index (χ2n) is 4.20. The van der Waals surface area contributed by atoms with E-state index >= 15 is 0 Å². The predicted octanol–water partition coefficient (Wildman–Crippen LogP) is 2.77. The van der Waals surface area contributed by atoms with Gasteiger partial charge in [0.05, 0.1) is 0 Å². The molecule has 0 heterocycles. The van der Waals surface area contributed by atoms with Crippen LogP contribution in [0.25, 0.3) is 0 Å². The quantitative estimate of drug-likeness (QED) is 0.461. The predicted molar refractivity (Wildman–Crippen MR) is 46.1 cm³/mol. The summed E-state index contributed by atoms with van der Waals surface area (Å²) in [4.78, 5) is 0. The third kappa shape index (κ3) is 0.702. The van der Waals surface area contributed by atoms with E-state index in [-0.39, 0.29) is 0 Å². The first-order valence-electron chi connectivity index (χ1n) is 4.80. The van der Waals surface area contributed by atoms with Crippen LogP contribution < -0.4 is 0 Å². The molecule has 4 atom stereocenters. The van der Waals surface area contributed by atoms with Gasteiger partial charge in [0, 0.05) is 0 Å². The van der Waals surface area contributed by atoms with E-state index in [4.69, 9.17) is 0 Å². The van der Waals surface area contributed by atoms with Crippen LogP contribution in [0.2, 0.25) is 0 Å². The number of hydrogen-bond donors (Lipinski definition) is 0. The molecule has 0 radical (unpaired) electrons. The van der Waals surface area contributed by atoms with Crippen LogP contribution in [0.4, 0.5) is 0 Å². The van der Waals surface area contributed by atoms with Gasteiger partial charge < -0.3 is 0 Å². The maximum Gasteiger partial charge on any atom is -0.0136 e. The molecule has 0 N–H and O–H groups in total. The summed E-state index contributed by atoms with van der Waals surface area (Å²) in [5, 5.41) is 0. The van der Waals surface area contributed by atoms with Crippen molar-refractivity contribution in [2.24, 2.45) is 23.7 Å². The Bertz CT molecular complexity index is 224. The van der Waals surface area contributed by atoms with Crippen LogP contribution in [-0.2, 0) is 0 Å². The molecule has 0 saturated heterocycles. The Morgan fingerprint density at radius 1 is 1.00 bits per heavy atom. The Labute approximate surface area is 68.0 Å². The Balaban J connectivity index is 1.99. The molecule has 0 amide bonds. The first-order chi connectivity index (χ1) is 5.45. The molecule has 58 valence electrons. The van der Waals surface area contributed by atoms with Crippen molar-refractivity contribution in [3.8, 4) is 0 Å². The molecular weight excluding hydrogens is 132 g/mol. The molecule has 3 aliphatic carbocycles. The molecule has 3 aliphatic rings. The fourth-order valence-electron chi connectivity index (χ4n) is 3.20. The van der Waals surface area contributed by atoms with Crippen molar-refractivity contribution in [1.82, 2.24) is 0 Å². The normalized spacial score (nSPS) is 51.6. The largest absolute Gasteiger partial charge is 0.0882 e. The van der Waals surface area contributed by atoms with Crippen molar-refractivity contribution in [2.45, 2.75) is 19.3 Å². The van der Waals surface area contributed by atoms with Crippen molar-refractivity contribution in [1.29, 1.82) is 0 Å². The van der Waals surface area contributed by atoms with Crippen molar-refractivity contribution in [3.05, 3.63) is 24.3 Å². The highest BCUT2D eigenvalue weighted by Crippen LogP contribution is 2.51. The molecule has 0 nitrogen and oxygen atoms in total. The van der Waals surface area contributed by atoms with Crippen LogP contribution in [0, 0.1) is 23.7 Å². The number of rotatable bonds is 0. The van der Waals surface area contributed by atoms with Gasteiger partial charge in [0.1, 0.15) is 0 Å². The lowest BCUT2D eigenvalue weighted by Crippen LogP contribution is -2.19. The summed E-state index contributed by atoms with van der Waals surface area (Å²) in [5.41, 5.74) is 0. The summed E-state index contributed by atoms with van der Waals surface area (Å²) in [6.45, 7) is 0. The van der Waals surface area contributed by atoms with Gasteiger partial charge in [-0.15, -0.1) is 0 Å². The molecule has 0 aromatic heterocycles. The smallest absolute Gasteiger partial charge is 0.0136 e. The Morgan fingerprint density at radius 2 is 1.91 bits per heavy atom. The molecule has 1 fully saturated rings. The van der Waals surface area contributed by atoms with E-state index in [2.05, 4.69) is 24.3 Å². The van der Waals surface area contributed by atoms with Crippen LogP contribution in [0.15, 0.2) is 24.3 Å². The van der Waals surface area contributed by atoms with E-state index in [1.54, 1.807) is 0 Å². The Hall–Kier alpha value is -0.520. The zero-order valence-electron chi connectivity index (χ0n) is 6.74. The van der Waals surface area contributed by atoms with Crippen molar-refractivity contribution >= 4 is 0 Å². The number of allylic oxidation sites excluding steroid dienone is 4. The second-order valence-corrected chi connectivity index (χ2v) is 4.20. The van der Waals surface area contributed by atoms with Crippen molar-refractivity contribution in [2.75, 3.05) is 0 Å². The van der Waals surface area contributed by atoms with Gasteiger partial charge in [0.2, 0.25) is 0 Å². The summed E-state index contributed by atoms with van der Waals surface area (Å²) in [7, 11) is 0. The third-order valence-electron chi connectivity index (χ3n) is 3.71. The number of fused-ring (bicyclic) bond motifs is 5. The highest BCUT2D eigenvalue weighted by molar-refractivity contribution is 5.19. The monoisotopic (exact) mass is 146 g/mol. The minimum absolute atomic E-state index is 0.918. The highest BCUT2D eigenvalue weighted by Gasteiger charge is 2.43. The molecule has 2 unspecified atom stereocenters. The summed E-state index contributed by atoms with van der Waals surface area (Å²) in [5.74, 6) is 3.82. The maximum atomic E-state index is 2.47. The minimum Gasteiger partial charge on any atom is -0.0882 e. The molecule has 2 bridgehead atoms. The average Bonchev–Trinajstić information content (AvgIpc) is 2.64. The molecule has 0 spiro atoms. The molecule has 1 saturated carbocycles. The molecule has 11 heavy (non-hydrogen) atoms. The summed E-state index contributed by atoms with van der Waals surface area (Å²) in [6.07, 6.45) is 14.0. The van der Waals surface area contributed by atoms with E-state index in [1.807, 2.05) is 0 Å². The minimum atomic E-state index is 0.918. The molecule has 3 rings (SSSR count). The van der Waals surface area contributed by atoms with Gasteiger partial charge in [-0.3, -0.25) is 0 Å². The fraction of sp³-hybridized carbons (Fsp3) is 0.636. The van der Waals surface area contributed by atoms with Gasteiger partial charge in [0.25, 0.3) is 0 Å². The van der Waals surface area contributed by atoms with Gasteiger partial charge in [-0.05, 0) is 42.9 Å². The van der Waals surface area contributed by atoms with E-state index < -0.39 is 0 Å². The van der Waals surface area contributed by atoms with E-state index in [9.17, 15) is 0 Å². The Morgan fingerprint density at radius 3 is 2.82 bits per heavy atom. The van der Waals surface area contributed by atoms with Crippen molar-refractivity contribution in [3.63, 3.8) is 0 Å². The molecule has 0 aromatic carbocycles. The average molecular weight is 146 g/mol. The summed E-state index contributed by atoms with van der Waals surface area (Å²) in [6, 6.07) is 0. The van der Waals surface area contributed by atoms with Gasteiger partial charge in [0.15, 0.2) is 0 Å². The fourth-order valence-corrected chi connectivity index (χ4v) is 3.20. The third-order valence-corrected chi connectivity index (χ3v) is 3.71. The zero-order chi connectivity index (χ0) is 7.26. The number of hydrogen-bond acceptors (Lipinski definition) is 0. The van der Waals surface area contributed by atoms with Crippen LogP contribution in [0.3, 0.4) is 0 Å². The topological polar surface area (TPSA) is 0 Å². The van der Waals surface area contributed by atoms with Crippen LogP contribution in [0.1, 0.15) is 19.3 Å². The first kappa shape index (κ1) is 6.05. The Kier molecular flexibility index (Phi) is 1.10. The molecule has 0 heteroatoms. The standard InChI is InChI=1S/C11H14/c1-2-4-11-9-6-5-8(7-9)10(11)3-1/h1,3,5-6,8-11H,2,4,7H2/t8-,9+,10?,11?/m0/s1. The van der Waals surface area contributed by atoms with Crippen LogP contribution >= 0.6 is 0 Å². The van der Waals surface area contributed by atoms with Crippen LogP contribution in [-0.4, -0.2) is 0 Å². The summed E-state index contributed by atoms with van der Waals surface area (Å²) < 4.78 is 0. The lowest BCUT2D eigenvalue weighted by molar-refractivity contribution is 0.333. The second kappa shape index (κ2) is 2.00. The van der Waals surface area contributed by atoms with Crippen LogP contribution in [0.5, 0.6) is 0 Å².